The average Bonchev–Trinajstić information content (AvgIpc) is 2.48. The predicted molar refractivity (Wildman–Crippen MR) is 84.7 cm³/mol. The van der Waals surface area contributed by atoms with Gasteiger partial charge in [0.15, 0.2) is 0 Å². The van der Waals surface area contributed by atoms with E-state index in [0.29, 0.717) is 6.54 Å². The van der Waals surface area contributed by atoms with Gasteiger partial charge in [0, 0.05) is 25.3 Å². The van der Waals surface area contributed by atoms with E-state index >= 15 is 0 Å². The van der Waals surface area contributed by atoms with Crippen molar-refractivity contribution >= 4 is 11.6 Å². The van der Waals surface area contributed by atoms with E-state index in [1.165, 1.54) is 0 Å². The molecule has 0 heterocycles. The molecule has 0 aliphatic heterocycles. The smallest absolute Gasteiger partial charge is 0.242 e. The van der Waals surface area contributed by atoms with E-state index in [4.69, 9.17) is 5.73 Å². The second kappa shape index (κ2) is 8.59. The maximum absolute atomic E-state index is 12.1. The molecule has 4 heteroatoms. The number of anilines is 1. The topological polar surface area (TPSA) is 58.4 Å². The summed E-state index contributed by atoms with van der Waals surface area (Å²) in [6, 6.07) is 7.92. The Morgan fingerprint density at radius 1 is 1.30 bits per heavy atom. The normalized spacial score (nSPS) is 12.0. The summed E-state index contributed by atoms with van der Waals surface area (Å²) in [7, 11) is 0. The molecule has 0 saturated carbocycles. The molecule has 0 radical (unpaired) electrons. The first-order chi connectivity index (χ1) is 9.63. The fourth-order valence-corrected chi connectivity index (χ4v) is 2.18. The zero-order valence-electron chi connectivity index (χ0n) is 12.9. The standard InChI is InChI=1S/C16H27N3O/c1-4-6-11-18-16(20)13(3)19(5-2)15-9-7-14(12-17)8-10-15/h7-10,13H,4-6,11-12,17H2,1-3H3,(H,18,20). The highest BCUT2D eigenvalue weighted by Crippen LogP contribution is 2.17. The van der Waals surface area contributed by atoms with Gasteiger partial charge in [-0.3, -0.25) is 4.79 Å². The Bertz CT molecular complexity index is 403. The van der Waals surface area contributed by atoms with Gasteiger partial charge in [0.25, 0.3) is 0 Å². The van der Waals surface area contributed by atoms with E-state index in [1.807, 2.05) is 31.2 Å². The van der Waals surface area contributed by atoms with Crippen molar-refractivity contribution in [3.05, 3.63) is 29.8 Å². The first kappa shape index (κ1) is 16.5. The van der Waals surface area contributed by atoms with E-state index in [1.54, 1.807) is 0 Å². The molecular weight excluding hydrogens is 250 g/mol. The molecule has 20 heavy (non-hydrogen) atoms. The summed E-state index contributed by atoms with van der Waals surface area (Å²) in [5.74, 6) is 0.0863. The Morgan fingerprint density at radius 2 is 1.95 bits per heavy atom. The highest BCUT2D eigenvalue weighted by atomic mass is 16.2. The van der Waals surface area contributed by atoms with Crippen LogP contribution in [0.15, 0.2) is 24.3 Å². The van der Waals surface area contributed by atoms with Crippen LogP contribution in [-0.2, 0) is 11.3 Å². The summed E-state index contributed by atoms with van der Waals surface area (Å²) < 4.78 is 0. The molecule has 4 nitrogen and oxygen atoms in total. The number of nitrogens with one attached hydrogen (secondary N) is 1. The lowest BCUT2D eigenvalue weighted by atomic mass is 10.1. The molecule has 0 aliphatic rings. The van der Waals surface area contributed by atoms with Gasteiger partial charge in [-0.15, -0.1) is 0 Å². The van der Waals surface area contributed by atoms with Crippen LogP contribution < -0.4 is 16.0 Å². The van der Waals surface area contributed by atoms with Crippen LogP contribution >= 0.6 is 0 Å². The molecule has 0 aromatic heterocycles. The number of hydrogen-bond acceptors (Lipinski definition) is 3. The third-order valence-electron chi connectivity index (χ3n) is 3.52. The molecule has 3 N–H and O–H groups in total. The summed E-state index contributed by atoms with van der Waals surface area (Å²) in [4.78, 5) is 14.2. The van der Waals surface area contributed by atoms with Gasteiger partial charge in [-0.05, 0) is 38.0 Å². The number of carbonyl (C=O) groups excluding carboxylic acids is 1. The van der Waals surface area contributed by atoms with Crippen LogP contribution in [0.4, 0.5) is 5.69 Å². The average molecular weight is 277 g/mol. The molecule has 1 aromatic carbocycles. The van der Waals surface area contributed by atoms with Gasteiger partial charge < -0.3 is 16.0 Å². The van der Waals surface area contributed by atoms with Crippen molar-refractivity contribution in [2.75, 3.05) is 18.0 Å². The Morgan fingerprint density at radius 3 is 2.45 bits per heavy atom. The monoisotopic (exact) mass is 277 g/mol. The van der Waals surface area contributed by atoms with Crippen LogP contribution in [0, 0.1) is 0 Å². The van der Waals surface area contributed by atoms with E-state index in [9.17, 15) is 4.79 Å². The Kier molecular flexibility index (Phi) is 7.09. The molecule has 0 spiro atoms. The van der Waals surface area contributed by atoms with Gasteiger partial charge in [0.05, 0.1) is 0 Å². The molecule has 1 aromatic rings. The van der Waals surface area contributed by atoms with Crippen LogP contribution in [0.5, 0.6) is 0 Å². The minimum atomic E-state index is -0.166. The second-order valence-corrected chi connectivity index (χ2v) is 4.98. The quantitative estimate of drug-likeness (QED) is 0.717. The van der Waals surface area contributed by atoms with Gasteiger partial charge in [0.1, 0.15) is 6.04 Å². The molecule has 0 aliphatic carbocycles. The number of nitrogens with two attached hydrogens (primary N) is 1. The molecule has 0 fully saturated rings. The first-order valence-corrected chi connectivity index (χ1v) is 7.47. The zero-order valence-corrected chi connectivity index (χ0v) is 12.9. The number of amides is 1. The van der Waals surface area contributed by atoms with Gasteiger partial charge in [0.2, 0.25) is 5.91 Å². The molecule has 1 amide bonds. The third-order valence-corrected chi connectivity index (χ3v) is 3.52. The lowest BCUT2D eigenvalue weighted by Crippen LogP contribution is -2.45. The predicted octanol–water partition coefficient (Wildman–Crippen LogP) is 2.28. The van der Waals surface area contributed by atoms with Gasteiger partial charge in [-0.1, -0.05) is 25.5 Å². The Hall–Kier alpha value is -1.55. The minimum Gasteiger partial charge on any atom is -0.360 e. The zero-order chi connectivity index (χ0) is 15.0. The van der Waals surface area contributed by atoms with Crippen molar-refractivity contribution < 1.29 is 4.79 Å². The fourth-order valence-electron chi connectivity index (χ4n) is 2.18. The minimum absolute atomic E-state index is 0.0863. The maximum Gasteiger partial charge on any atom is 0.242 e. The SMILES string of the molecule is CCCCNC(=O)C(C)N(CC)c1ccc(CN)cc1. The highest BCUT2D eigenvalue weighted by Gasteiger charge is 2.19. The van der Waals surface area contributed by atoms with Crippen molar-refractivity contribution in [3.63, 3.8) is 0 Å². The molecule has 1 rings (SSSR count). The van der Waals surface area contributed by atoms with Crippen LogP contribution in [0.2, 0.25) is 0 Å². The summed E-state index contributed by atoms with van der Waals surface area (Å²) in [5.41, 5.74) is 7.77. The summed E-state index contributed by atoms with van der Waals surface area (Å²) in [5, 5.41) is 2.99. The number of rotatable bonds is 8. The van der Waals surface area contributed by atoms with Crippen LogP contribution in [0.1, 0.15) is 39.2 Å². The lowest BCUT2D eigenvalue weighted by Gasteiger charge is -2.29. The fraction of sp³-hybridized carbons (Fsp3) is 0.562. The van der Waals surface area contributed by atoms with E-state index in [-0.39, 0.29) is 11.9 Å². The number of nitrogens with zero attached hydrogens (tertiary/aromatic N) is 1. The number of carbonyl (C=O) groups is 1. The largest absolute Gasteiger partial charge is 0.360 e. The van der Waals surface area contributed by atoms with Gasteiger partial charge in [-0.2, -0.15) is 0 Å². The van der Waals surface area contributed by atoms with Crippen molar-refractivity contribution in [1.29, 1.82) is 0 Å². The number of unbranched alkanes of at least 4 members (excludes halogenated alkanes) is 1. The molecule has 0 bridgehead atoms. The summed E-state index contributed by atoms with van der Waals surface area (Å²) >= 11 is 0. The Balaban J connectivity index is 2.70. The number of likely N-dealkylation sites (N-methyl/N-ethyl adjacent to an activating group) is 1. The highest BCUT2D eigenvalue weighted by molar-refractivity contribution is 5.84. The van der Waals surface area contributed by atoms with Crippen molar-refractivity contribution in [2.45, 2.75) is 46.2 Å². The number of benzene rings is 1. The second-order valence-electron chi connectivity index (χ2n) is 4.98. The van der Waals surface area contributed by atoms with E-state index < -0.39 is 0 Å². The van der Waals surface area contributed by atoms with Crippen molar-refractivity contribution in [2.24, 2.45) is 5.73 Å². The van der Waals surface area contributed by atoms with Crippen LogP contribution in [0.3, 0.4) is 0 Å². The first-order valence-electron chi connectivity index (χ1n) is 7.47. The van der Waals surface area contributed by atoms with Crippen LogP contribution in [0.25, 0.3) is 0 Å². The molecule has 1 atom stereocenters. The molecule has 112 valence electrons. The lowest BCUT2D eigenvalue weighted by molar-refractivity contribution is -0.122. The summed E-state index contributed by atoms with van der Waals surface area (Å²) in [6.45, 7) is 8.22. The molecule has 1 unspecified atom stereocenters. The molecular formula is C16H27N3O. The third kappa shape index (κ3) is 4.53. The molecule has 0 saturated heterocycles. The van der Waals surface area contributed by atoms with E-state index in [2.05, 4.69) is 24.1 Å². The van der Waals surface area contributed by atoms with Crippen LogP contribution in [-0.4, -0.2) is 25.0 Å². The number of hydrogen-bond donors (Lipinski definition) is 2. The van der Waals surface area contributed by atoms with Gasteiger partial charge in [-0.25, -0.2) is 0 Å². The van der Waals surface area contributed by atoms with Crippen molar-refractivity contribution in [3.8, 4) is 0 Å². The van der Waals surface area contributed by atoms with E-state index in [0.717, 1.165) is 37.2 Å². The Labute approximate surface area is 122 Å². The van der Waals surface area contributed by atoms with Crippen molar-refractivity contribution in [1.82, 2.24) is 5.32 Å². The van der Waals surface area contributed by atoms with Gasteiger partial charge >= 0.3 is 0 Å². The summed E-state index contributed by atoms with van der Waals surface area (Å²) in [6.07, 6.45) is 2.11. The maximum atomic E-state index is 12.1.